The molecule has 0 saturated carbocycles. The average molecular weight is 382 g/mol. The van der Waals surface area contributed by atoms with Gasteiger partial charge in [-0.25, -0.2) is 0 Å². The zero-order valence-corrected chi connectivity index (χ0v) is 16.3. The van der Waals surface area contributed by atoms with Crippen molar-refractivity contribution in [2.75, 3.05) is 6.61 Å². The van der Waals surface area contributed by atoms with Gasteiger partial charge in [-0.1, -0.05) is 48.2 Å². The van der Waals surface area contributed by atoms with E-state index in [4.69, 9.17) is 17.3 Å². The van der Waals surface area contributed by atoms with Gasteiger partial charge in [-0.05, 0) is 42.7 Å². The fourth-order valence-corrected chi connectivity index (χ4v) is 5.25. The Morgan fingerprint density at radius 3 is 2.85 bits per heavy atom. The molecule has 1 aliphatic heterocycles. The van der Waals surface area contributed by atoms with Crippen LogP contribution < -0.4 is 0 Å². The van der Waals surface area contributed by atoms with Crippen molar-refractivity contribution in [2.45, 2.75) is 13.3 Å². The minimum Gasteiger partial charge on any atom is -0.396 e. The third kappa shape index (κ3) is 2.71. The second-order valence-corrected chi connectivity index (χ2v) is 8.45. The van der Waals surface area contributed by atoms with Crippen molar-refractivity contribution >= 4 is 61.8 Å². The Kier molecular flexibility index (Phi) is 4.47. The number of hydrogen-bond donors (Lipinski definition) is 1. The Balaban J connectivity index is 1.82. The fourth-order valence-electron chi connectivity index (χ4n) is 3.73. The molecule has 2 heterocycles. The number of Topliss-reactive ketones (excluding diaryl/α,β-unsaturated/α-hetero) is 1. The summed E-state index contributed by atoms with van der Waals surface area (Å²) < 4.78 is 2.89. The number of nitrogens with zero attached hydrogens (tertiary/aromatic N) is 1. The number of carbonyl (C=O) groups excluding carboxylic acids is 1. The highest BCUT2D eigenvalue weighted by Crippen LogP contribution is 2.38. The topological polar surface area (TPSA) is 42.2 Å². The van der Waals surface area contributed by atoms with Crippen molar-refractivity contribution in [3.05, 3.63) is 52.4 Å². The molecule has 2 aromatic carbocycles. The summed E-state index contributed by atoms with van der Waals surface area (Å²) in [4.78, 5) is 13.2. The number of carbonyl (C=O) groups is 1. The van der Waals surface area contributed by atoms with Gasteiger partial charge in [-0.15, -0.1) is 0 Å². The Labute approximate surface area is 161 Å². The van der Waals surface area contributed by atoms with Gasteiger partial charge >= 0.3 is 0 Å². The van der Waals surface area contributed by atoms with Crippen molar-refractivity contribution in [1.82, 2.24) is 4.57 Å². The molecule has 1 unspecified atom stereocenters. The van der Waals surface area contributed by atoms with Gasteiger partial charge in [0.1, 0.15) is 0 Å². The number of aliphatic hydroxyl groups excluding tert-OH is 1. The third-order valence-corrected chi connectivity index (χ3v) is 6.57. The van der Waals surface area contributed by atoms with E-state index in [1.165, 1.54) is 39.1 Å². The van der Waals surface area contributed by atoms with E-state index in [0.29, 0.717) is 15.5 Å². The van der Waals surface area contributed by atoms with E-state index in [2.05, 4.69) is 48.9 Å². The maximum Gasteiger partial charge on any atom is 0.178 e. The number of rotatable bonds is 3. The molecule has 1 aromatic heterocycles. The molecule has 26 heavy (non-hydrogen) atoms. The molecule has 1 atom stereocenters. The number of hydrogen-bond acceptors (Lipinski definition) is 4. The Hall–Kier alpha value is -1.95. The molecule has 5 heteroatoms. The molecular formula is C21H19NO2S2. The predicted molar refractivity (Wildman–Crippen MR) is 114 cm³/mol. The molecule has 1 fully saturated rings. The normalized spacial score (nSPS) is 19.3. The highest BCUT2D eigenvalue weighted by molar-refractivity contribution is 8.27. The molecule has 0 bridgehead atoms. The number of ketones is 1. The van der Waals surface area contributed by atoms with Crippen LogP contribution in [0.4, 0.5) is 0 Å². The number of allylic oxidation sites excluding steroid dienone is 1. The zero-order chi connectivity index (χ0) is 18.4. The molecule has 4 rings (SSSR count). The van der Waals surface area contributed by atoms with Crippen LogP contribution in [0.1, 0.15) is 17.5 Å². The molecule has 3 nitrogen and oxygen atoms in total. The number of aromatic nitrogens is 1. The van der Waals surface area contributed by atoms with Gasteiger partial charge in [0.15, 0.2) is 5.78 Å². The van der Waals surface area contributed by atoms with Gasteiger partial charge in [0.25, 0.3) is 0 Å². The summed E-state index contributed by atoms with van der Waals surface area (Å²) in [5.74, 6) is -0.307. The minimum atomic E-state index is -0.338. The largest absolute Gasteiger partial charge is 0.396 e. The number of aliphatic hydroxyl groups is 1. The number of thioether (sulfide) groups is 1. The fraction of sp³-hybridized carbons (Fsp3) is 0.238. The number of fused-ring (bicyclic) bond motifs is 3. The smallest absolute Gasteiger partial charge is 0.178 e. The standard InChI is InChI=1S/C21H19NO2S2/c1-12-4-3-5-14-16-10-13(6-7-17(16)22(2)19(12)14)11-18-20(24)15(8-9-23)21(25)26-18/h3-7,10-11,15,23H,8-9H2,1-2H3. The van der Waals surface area contributed by atoms with Crippen LogP contribution in [-0.4, -0.2) is 26.3 Å². The van der Waals surface area contributed by atoms with Crippen LogP contribution in [0.3, 0.4) is 0 Å². The second-order valence-electron chi connectivity index (χ2n) is 6.67. The van der Waals surface area contributed by atoms with Gasteiger partial charge in [0.05, 0.1) is 20.5 Å². The van der Waals surface area contributed by atoms with Crippen molar-refractivity contribution in [3.63, 3.8) is 0 Å². The molecule has 0 aliphatic carbocycles. The van der Waals surface area contributed by atoms with Crippen LogP contribution >= 0.6 is 24.0 Å². The Bertz CT molecular complexity index is 1090. The highest BCUT2D eigenvalue weighted by Gasteiger charge is 2.34. The van der Waals surface area contributed by atoms with Crippen molar-refractivity contribution in [1.29, 1.82) is 0 Å². The van der Waals surface area contributed by atoms with E-state index in [9.17, 15) is 4.79 Å². The van der Waals surface area contributed by atoms with E-state index in [1.807, 2.05) is 12.1 Å². The quantitative estimate of drug-likeness (QED) is 0.531. The van der Waals surface area contributed by atoms with Crippen molar-refractivity contribution < 1.29 is 9.90 Å². The summed E-state index contributed by atoms with van der Waals surface area (Å²) >= 11 is 6.68. The summed E-state index contributed by atoms with van der Waals surface area (Å²) in [5.41, 5.74) is 4.66. The van der Waals surface area contributed by atoms with Gasteiger partial charge in [-0.3, -0.25) is 4.79 Å². The third-order valence-electron chi connectivity index (χ3n) is 5.02. The van der Waals surface area contributed by atoms with Crippen LogP contribution in [0.15, 0.2) is 41.3 Å². The number of aryl methyl sites for hydroxylation is 2. The summed E-state index contributed by atoms with van der Waals surface area (Å²) in [6, 6.07) is 12.6. The SMILES string of the molecule is Cc1cccc2c3cc(C=C4SC(=S)C(CCO)C4=O)ccc3n(C)c12. The molecule has 3 aromatic rings. The number of benzene rings is 2. The van der Waals surface area contributed by atoms with Gasteiger partial charge in [0, 0.05) is 29.9 Å². The lowest BCUT2D eigenvalue weighted by molar-refractivity contribution is -0.116. The lowest BCUT2D eigenvalue weighted by Gasteiger charge is -2.03. The molecule has 1 saturated heterocycles. The van der Waals surface area contributed by atoms with E-state index in [0.717, 1.165) is 5.56 Å². The maximum atomic E-state index is 12.5. The van der Waals surface area contributed by atoms with Gasteiger partial charge < -0.3 is 9.67 Å². The summed E-state index contributed by atoms with van der Waals surface area (Å²) in [5, 5.41) is 11.5. The van der Waals surface area contributed by atoms with Crippen LogP contribution in [0, 0.1) is 12.8 Å². The monoisotopic (exact) mass is 381 g/mol. The van der Waals surface area contributed by atoms with E-state index in [1.54, 1.807) is 0 Å². The van der Waals surface area contributed by atoms with Crippen LogP contribution in [0.5, 0.6) is 0 Å². The Morgan fingerprint density at radius 2 is 2.08 bits per heavy atom. The van der Waals surface area contributed by atoms with Crippen LogP contribution in [-0.2, 0) is 11.8 Å². The first kappa shape index (κ1) is 17.5. The van der Waals surface area contributed by atoms with Crippen LogP contribution in [0.25, 0.3) is 27.9 Å². The summed E-state index contributed by atoms with van der Waals surface area (Å²) in [6.45, 7) is 2.10. The molecule has 1 aliphatic rings. The Morgan fingerprint density at radius 1 is 1.27 bits per heavy atom. The first-order valence-corrected chi connectivity index (χ1v) is 9.80. The molecule has 132 valence electrons. The van der Waals surface area contributed by atoms with Crippen molar-refractivity contribution in [2.24, 2.45) is 13.0 Å². The molecular weight excluding hydrogens is 362 g/mol. The van der Waals surface area contributed by atoms with Gasteiger partial charge in [0.2, 0.25) is 0 Å². The van der Waals surface area contributed by atoms with Gasteiger partial charge in [-0.2, -0.15) is 0 Å². The second kappa shape index (κ2) is 6.65. The molecule has 0 radical (unpaired) electrons. The lowest BCUT2D eigenvalue weighted by atomic mass is 10.0. The molecule has 0 spiro atoms. The van der Waals surface area contributed by atoms with Crippen LogP contribution in [0.2, 0.25) is 0 Å². The first-order chi connectivity index (χ1) is 12.5. The minimum absolute atomic E-state index is 0.0221. The number of para-hydroxylation sites is 1. The molecule has 0 amide bonds. The van der Waals surface area contributed by atoms with E-state index < -0.39 is 0 Å². The maximum absolute atomic E-state index is 12.5. The number of thiocarbonyl (C=S) groups is 1. The van der Waals surface area contributed by atoms with E-state index >= 15 is 0 Å². The lowest BCUT2D eigenvalue weighted by Crippen LogP contribution is -2.14. The zero-order valence-electron chi connectivity index (χ0n) is 14.7. The highest BCUT2D eigenvalue weighted by atomic mass is 32.2. The predicted octanol–water partition coefficient (Wildman–Crippen LogP) is 4.62. The molecule has 1 N–H and O–H groups in total. The summed E-state index contributed by atoms with van der Waals surface area (Å²) in [6.07, 6.45) is 2.33. The summed E-state index contributed by atoms with van der Waals surface area (Å²) in [7, 11) is 2.09. The first-order valence-electron chi connectivity index (χ1n) is 8.57. The van der Waals surface area contributed by atoms with Crippen molar-refractivity contribution in [3.8, 4) is 0 Å². The van der Waals surface area contributed by atoms with E-state index in [-0.39, 0.29) is 18.3 Å². The average Bonchev–Trinajstić information content (AvgIpc) is 3.05.